The number of nitrogens with one attached hydrogen (secondary N) is 1. The van der Waals surface area contributed by atoms with Gasteiger partial charge in [-0.15, -0.1) is 0 Å². The van der Waals surface area contributed by atoms with Crippen molar-refractivity contribution in [1.82, 2.24) is 20.4 Å². The molecule has 7 heteroatoms. The number of urea groups is 1. The zero-order valence-electron chi connectivity index (χ0n) is 19.6. The number of benzene rings is 2. The van der Waals surface area contributed by atoms with Crippen molar-refractivity contribution in [2.75, 3.05) is 13.7 Å². The van der Waals surface area contributed by atoms with Gasteiger partial charge < -0.3 is 14.6 Å². The number of methoxy groups -OCH3 is 1. The number of ether oxygens (including phenoxy) is 1. The first-order valence-electron chi connectivity index (χ1n) is 11.4. The van der Waals surface area contributed by atoms with Crippen LogP contribution in [-0.4, -0.2) is 34.7 Å². The van der Waals surface area contributed by atoms with Crippen LogP contribution in [0.15, 0.2) is 58.8 Å². The second-order valence-electron chi connectivity index (χ2n) is 8.13. The standard InChI is InChI=1S/C26H30N4O3/c1-5-7-16-30-17(3)22(23(27-26(30)31)19-10-8-18(6-2)9-11-19)25-28-24(29-33-25)20-12-14-21(32-4)15-13-20/h8-15,23H,5-7,16H2,1-4H3,(H,27,31). The van der Waals surface area contributed by atoms with Gasteiger partial charge in [0.05, 0.1) is 18.7 Å². The summed E-state index contributed by atoms with van der Waals surface area (Å²) >= 11 is 0. The van der Waals surface area contributed by atoms with E-state index in [1.54, 1.807) is 12.0 Å². The fraction of sp³-hybridized carbons (Fsp3) is 0.346. The Kier molecular flexibility index (Phi) is 6.77. The Morgan fingerprint density at radius 2 is 1.82 bits per heavy atom. The average molecular weight is 447 g/mol. The number of amides is 2. The molecule has 0 fully saturated rings. The smallest absolute Gasteiger partial charge is 0.322 e. The third kappa shape index (κ3) is 4.62. The van der Waals surface area contributed by atoms with Crippen molar-refractivity contribution in [3.8, 4) is 17.1 Å². The van der Waals surface area contributed by atoms with Gasteiger partial charge >= 0.3 is 6.03 Å². The lowest BCUT2D eigenvalue weighted by Crippen LogP contribution is -2.46. The molecule has 1 aliphatic heterocycles. The molecule has 33 heavy (non-hydrogen) atoms. The van der Waals surface area contributed by atoms with E-state index < -0.39 is 0 Å². The zero-order valence-corrected chi connectivity index (χ0v) is 19.6. The molecule has 2 amide bonds. The Bertz CT molecular complexity index is 1130. The highest BCUT2D eigenvalue weighted by Gasteiger charge is 2.35. The van der Waals surface area contributed by atoms with Gasteiger partial charge in [0, 0.05) is 17.8 Å². The van der Waals surface area contributed by atoms with E-state index in [1.165, 1.54) is 5.56 Å². The number of rotatable bonds is 8. The number of hydrogen-bond acceptors (Lipinski definition) is 5. The molecule has 0 saturated heterocycles. The predicted octanol–water partition coefficient (Wildman–Crippen LogP) is 5.61. The van der Waals surface area contributed by atoms with Crippen LogP contribution in [0.1, 0.15) is 56.7 Å². The maximum atomic E-state index is 13.0. The first-order valence-corrected chi connectivity index (χ1v) is 11.4. The third-order valence-electron chi connectivity index (χ3n) is 6.06. The number of aryl methyl sites for hydroxylation is 1. The summed E-state index contributed by atoms with van der Waals surface area (Å²) in [6, 6.07) is 15.3. The monoisotopic (exact) mass is 446 g/mol. The highest BCUT2D eigenvalue weighted by Crippen LogP contribution is 2.37. The second-order valence-corrected chi connectivity index (χ2v) is 8.13. The zero-order chi connectivity index (χ0) is 23.4. The molecule has 2 aromatic carbocycles. The lowest BCUT2D eigenvalue weighted by atomic mass is 9.93. The van der Waals surface area contributed by atoms with Crippen LogP contribution >= 0.6 is 0 Å². The molecule has 172 valence electrons. The molecular formula is C26H30N4O3. The normalized spacial score (nSPS) is 16.2. The van der Waals surface area contributed by atoms with Crippen molar-refractivity contribution >= 4 is 11.6 Å². The van der Waals surface area contributed by atoms with Gasteiger partial charge in [0.2, 0.25) is 5.82 Å². The fourth-order valence-electron chi connectivity index (χ4n) is 4.03. The van der Waals surface area contributed by atoms with Crippen LogP contribution in [0, 0.1) is 0 Å². The largest absolute Gasteiger partial charge is 0.497 e. The molecular weight excluding hydrogens is 416 g/mol. The van der Waals surface area contributed by atoms with Gasteiger partial charge in [-0.2, -0.15) is 4.98 Å². The fourth-order valence-corrected chi connectivity index (χ4v) is 4.03. The number of unbranched alkanes of at least 4 members (excludes halogenated alkanes) is 1. The van der Waals surface area contributed by atoms with E-state index in [0.717, 1.165) is 47.4 Å². The lowest BCUT2D eigenvalue weighted by molar-refractivity contribution is 0.204. The molecule has 4 rings (SSSR count). The summed E-state index contributed by atoms with van der Waals surface area (Å²) in [5.41, 5.74) is 4.71. The topological polar surface area (TPSA) is 80.5 Å². The van der Waals surface area contributed by atoms with Crippen LogP contribution in [0.5, 0.6) is 5.75 Å². The molecule has 1 aromatic heterocycles. The van der Waals surface area contributed by atoms with Gasteiger partial charge in [0.25, 0.3) is 5.89 Å². The van der Waals surface area contributed by atoms with E-state index in [4.69, 9.17) is 14.2 Å². The van der Waals surface area contributed by atoms with Gasteiger partial charge in [-0.1, -0.05) is 49.7 Å². The van der Waals surface area contributed by atoms with Gasteiger partial charge in [-0.3, -0.25) is 4.90 Å². The van der Waals surface area contributed by atoms with E-state index in [1.807, 2.05) is 31.2 Å². The van der Waals surface area contributed by atoms with Gasteiger partial charge in [-0.05, 0) is 55.2 Å². The number of allylic oxidation sites excluding steroid dienone is 1. The second kappa shape index (κ2) is 9.90. The quantitative estimate of drug-likeness (QED) is 0.487. The number of carbonyl (C=O) groups is 1. The molecule has 3 aromatic rings. The molecule has 7 nitrogen and oxygen atoms in total. The molecule has 0 spiro atoms. The minimum absolute atomic E-state index is 0.107. The molecule has 0 radical (unpaired) electrons. The van der Waals surface area contributed by atoms with E-state index in [2.05, 4.69) is 48.6 Å². The predicted molar refractivity (Wildman–Crippen MR) is 128 cm³/mol. The van der Waals surface area contributed by atoms with Crippen LogP contribution in [0.4, 0.5) is 4.79 Å². The molecule has 1 unspecified atom stereocenters. The summed E-state index contributed by atoms with van der Waals surface area (Å²) < 4.78 is 11.0. The van der Waals surface area contributed by atoms with Crippen molar-refractivity contribution in [1.29, 1.82) is 0 Å². The van der Waals surface area contributed by atoms with Crippen molar-refractivity contribution in [2.24, 2.45) is 0 Å². The van der Waals surface area contributed by atoms with Gasteiger partial charge in [-0.25, -0.2) is 4.79 Å². The summed E-state index contributed by atoms with van der Waals surface area (Å²) in [5, 5.41) is 7.38. The number of hydrogen-bond donors (Lipinski definition) is 1. The Hall–Kier alpha value is -3.61. The van der Waals surface area contributed by atoms with Crippen LogP contribution in [0.25, 0.3) is 17.0 Å². The SMILES string of the molecule is CCCCN1C(=O)NC(c2ccc(CC)cc2)C(c2nc(-c3ccc(OC)cc3)no2)=C1C. The number of nitrogens with zero attached hydrogens (tertiary/aromatic N) is 3. The number of aromatic nitrogens is 2. The number of carbonyl (C=O) groups excluding carboxylic acids is 1. The maximum absolute atomic E-state index is 13.0. The van der Waals surface area contributed by atoms with E-state index in [-0.39, 0.29) is 12.1 Å². The highest BCUT2D eigenvalue weighted by atomic mass is 16.5. The van der Waals surface area contributed by atoms with E-state index in [0.29, 0.717) is 18.3 Å². The summed E-state index contributed by atoms with van der Waals surface area (Å²) in [4.78, 5) is 19.5. The first kappa shape index (κ1) is 22.6. The highest BCUT2D eigenvalue weighted by molar-refractivity contribution is 5.86. The van der Waals surface area contributed by atoms with Crippen LogP contribution < -0.4 is 10.1 Å². The van der Waals surface area contributed by atoms with Crippen molar-refractivity contribution < 1.29 is 14.1 Å². The average Bonchev–Trinajstić information content (AvgIpc) is 3.33. The molecule has 2 heterocycles. The molecule has 0 bridgehead atoms. The Morgan fingerprint density at radius 1 is 1.09 bits per heavy atom. The van der Waals surface area contributed by atoms with E-state index in [9.17, 15) is 4.79 Å². The molecule has 0 aliphatic carbocycles. The van der Waals surface area contributed by atoms with E-state index >= 15 is 0 Å². The lowest BCUT2D eigenvalue weighted by Gasteiger charge is -2.35. The minimum Gasteiger partial charge on any atom is -0.497 e. The Labute approximate surface area is 194 Å². The van der Waals surface area contributed by atoms with Crippen molar-refractivity contribution in [3.63, 3.8) is 0 Å². The third-order valence-corrected chi connectivity index (χ3v) is 6.06. The Morgan fingerprint density at radius 3 is 2.45 bits per heavy atom. The van der Waals surface area contributed by atoms with Crippen LogP contribution in [-0.2, 0) is 6.42 Å². The minimum atomic E-state index is -0.370. The molecule has 0 saturated carbocycles. The van der Waals surface area contributed by atoms with Gasteiger partial charge in [0.1, 0.15) is 5.75 Å². The summed E-state index contributed by atoms with van der Waals surface area (Å²) in [6.45, 7) is 6.82. The van der Waals surface area contributed by atoms with Crippen LogP contribution in [0.3, 0.4) is 0 Å². The summed E-state index contributed by atoms with van der Waals surface area (Å²) in [5.74, 6) is 1.66. The first-order chi connectivity index (χ1) is 16.0. The van der Waals surface area contributed by atoms with Gasteiger partial charge in [0.15, 0.2) is 0 Å². The Balaban J connectivity index is 1.76. The van der Waals surface area contributed by atoms with Crippen molar-refractivity contribution in [3.05, 3.63) is 71.2 Å². The summed E-state index contributed by atoms with van der Waals surface area (Å²) in [6.07, 6.45) is 2.87. The summed E-state index contributed by atoms with van der Waals surface area (Å²) in [7, 11) is 1.63. The molecule has 1 atom stereocenters. The maximum Gasteiger partial charge on any atom is 0.322 e. The van der Waals surface area contributed by atoms with Crippen LogP contribution in [0.2, 0.25) is 0 Å². The van der Waals surface area contributed by atoms with Crippen molar-refractivity contribution in [2.45, 2.75) is 46.1 Å². The molecule has 1 N–H and O–H groups in total. The molecule has 1 aliphatic rings.